The molecule has 0 aliphatic heterocycles. The lowest BCUT2D eigenvalue weighted by Gasteiger charge is -2.04. The molecule has 0 saturated carbocycles. The largest absolute Gasteiger partial charge is 0.377 e. The SMILES string of the molecule is O=C(CBr)CCCCOCc1cccc(Cl)c1. The van der Waals surface area contributed by atoms with Gasteiger partial charge in [0.1, 0.15) is 5.78 Å². The van der Waals surface area contributed by atoms with Crippen LogP contribution in [0.15, 0.2) is 24.3 Å². The standard InChI is InChI=1S/C13H16BrClO2/c14-9-13(16)6-1-2-7-17-10-11-4-3-5-12(15)8-11/h3-5,8H,1-2,6-7,9-10H2. The fourth-order valence-corrected chi connectivity index (χ4v) is 1.90. The maximum atomic E-state index is 11.0. The van der Waals surface area contributed by atoms with Crippen LogP contribution in [0.5, 0.6) is 0 Å². The summed E-state index contributed by atoms with van der Waals surface area (Å²) in [5.74, 6) is 0.250. The van der Waals surface area contributed by atoms with Gasteiger partial charge in [0, 0.05) is 18.1 Å². The van der Waals surface area contributed by atoms with Gasteiger partial charge in [-0.25, -0.2) is 0 Å². The molecular formula is C13H16BrClO2. The fourth-order valence-electron chi connectivity index (χ4n) is 1.41. The lowest BCUT2D eigenvalue weighted by atomic mass is 10.2. The molecule has 1 aromatic rings. The molecular weight excluding hydrogens is 303 g/mol. The van der Waals surface area contributed by atoms with Crippen LogP contribution >= 0.6 is 27.5 Å². The van der Waals surface area contributed by atoms with Crippen LogP contribution in [0, 0.1) is 0 Å². The maximum Gasteiger partial charge on any atom is 0.143 e. The number of carbonyl (C=O) groups excluding carboxylic acids is 1. The maximum absolute atomic E-state index is 11.0. The minimum absolute atomic E-state index is 0.250. The predicted molar refractivity (Wildman–Crippen MR) is 73.8 cm³/mol. The van der Waals surface area contributed by atoms with E-state index in [0.29, 0.717) is 25.0 Å². The average Bonchev–Trinajstić information content (AvgIpc) is 2.33. The van der Waals surface area contributed by atoms with Gasteiger partial charge >= 0.3 is 0 Å². The van der Waals surface area contributed by atoms with Crippen molar-refractivity contribution < 1.29 is 9.53 Å². The Kier molecular flexibility index (Phi) is 7.49. The molecule has 1 rings (SSSR count). The molecule has 0 fully saturated rings. The average molecular weight is 320 g/mol. The van der Waals surface area contributed by atoms with Crippen LogP contribution in [-0.2, 0) is 16.1 Å². The van der Waals surface area contributed by atoms with Gasteiger partial charge in [0.25, 0.3) is 0 Å². The molecule has 0 bridgehead atoms. The van der Waals surface area contributed by atoms with Crippen molar-refractivity contribution in [3.05, 3.63) is 34.9 Å². The monoisotopic (exact) mass is 318 g/mol. The number of unbranched alkanes of at least 4 members (excludes halogenated alkanes) is 1. The number of Topliss-reactive ketones (excluding diaryl/α,β-unsaturated/α-hetero) is 1. The highest BCUT2D eigenvalue weighted by Gasteiger charge is 1.99. The summed E-state index contributed by atoms with van der Waals surface area (Å²) in [7, 11) is 0. The van der Waals surface area contributed by atoms with Crippen LogP contribution in [-0.4, -0.2) is 17.7 Å². The minimum atomic E-state index is 0.250. The summed E-state index contributed by atoms with van der Waals surface area (Å²) >= 11 is 9.00. The molecule has 0 spiro atoms. The molecule has 0 heterocycles. The van der Waals surface area contributed by atoms with Gasteiger partial charge < -0.3 is 4.74 Å². The van der Waals surface area contributed by atoms with Crippen molar-refractivity contribution in [2.24, 2.45) is 0 Å². The Bertz CT molecular complexity index is 355. The van der Waals surface area contributed by atoms with Crippen molar-refractivity contribution in [3.8, 4) is 0 Å². The third-order valence-electron chi connectivity index (χ3n) is 2.30. The molecule has 17 heavy (non-hydrogen) atoms. The number of benzene rings is 1. The quantitative estimate of drug-likeness (QED) is 0.535. The Morgan fingerprint density at radius 3 is 2.88 bits per heavy atom. The second-order valence-electron chi connectivity index (χ2n) is 3.81. The summed E-state index contributed by atoms with van der Waals surface area (Å²) in [5.41, 5.74) is 1.08. The number of hydrogen-bond acceptors (Lipinski definition) is 2. The van der Waals surface area contributed by atoms with Gasteiger partial charge in [0.15, 0.2) is 0 Å². The van der Waals surface area contributed by atoms with E-state index in [1.54, 1.807) is 0 Å². The molecule has 94 valence electrons. The van der Waals surface area contributed by atoms with E-state index in [0.717, 1.165) is 23.4 Å². The molecule has 0 radical (unpaired) electrons. The van der Waals surface area contributed by atoms with Crippen molar-refractivity contribution in [1.82, 2.24) is 0 Å². The normalized spacial score (nSPS) is 10.5. The molecule has 0 saturated heterocycles. The predicted octanol–water partition coefficient (Wildman–Crippen LogP) is 3.99. The van der Waals surface area contributed by atoms with Gasteiger partial charge in [-0.1, -0.05) is 39.7 Å². The van der Waals surface area contributed by atoms with E-state index in [2.05, 4.69) is 15.9 Å². The summed E-state index contributed by atoms with van der Waals surface area (Å²) in [6.07, 6.45) is 2.44. The van der Waals surface area contributed by atoms with E-state index in [9.17, 15) is 4.79 Å². The van der Waals surface area contributed by atoms with E-state index in [1.807, 2.05) is 24.3 Å². The molecule has 0 aromatic heterocycles. The first-order valence-corrected chi connectivity index (χ1v) is 7.12. The number of carbonyl (C=O) groups is 1. The van der Waals surface area contributed by atoms with Crippen LogP contribution < -0.4 is 0 Å². The van der Waals surface area contributed by atoms with Gasteiger partial charge in [0.05, 0.1) is 11.9 Å². The van der Waals surface area contributed by atoms with E-state index >= 15 is 0 Å². The second-order valence-corrected chi connectivity index (χ2v) is 4.81. The van der Waals surface area contributed by atoms with E-state index in [1.165, 1.54) is 0 Å². The zero-order chi connectivity index (χ0) is 12.5. The zero-order valence-electron chi connectivity index (χ0n) is 9.62. The lowest BCUT2D eigenvalue weighted by molar-refractivity contribution is -0.116. The smallest absolute Gasteiger partial charge is 0.143 e. The number of ether oxygens (including phenoxy) is 1. The van der Waals surface area contributed by atoms with Crippen molar-refractivity contribution >= 4 is 33.3 Å². The molecule has 0 aliphatic rings. The third-order valence-corrected chi connectivity index (χ3v) is 3.16. The Labute approximate surface area is 115 Å². The van der Waals surface area contributed by atoms with E-state index in [4.69, 9.17) is 16.3 Å². The molecule has 0 unspecified atom stereocenters. The Morgan fingerprint density at radius 2 is 2.18 bits per heavy atom. The molecule has 0 amide bonds. The first-order chi connectivity index (χ1) is 8.22. The Balaban J connectivity index is 2.06. The molecule has 2 nitrogen and oxygen atoms in total. The lowest BCUT2D eigenvalue weighted by Crippen LogP contribution is -2.00. The molecule has 0 N–H and O–H groups in total. The number of ketones is 1. The summed E-state index contributed by atoms with van der Waals surface area (Å²) in [6.45, 7) is 1.26. The van der Waals surface area contributed by atoms with Crippen LogP contribution in [0.4, 0.5) is 0 Å². The van der Waals surface area contributed by atoms with Crippen LogP contribution in [0.3, 0.4) is 0 Å². The minimum Gasteiger partial charge on any atom is -0.377 e. The Morgan fingerprint density at radius 1 is 1.35 bits per heavy atom. The van der Waals surface area contributed by atoms with Crippen LogP contribution in [0.25, 0.3) is 0 Å². The highest BCUT2D eigenvalue weighted by atomic mass is 79.9. The Hall–Kier alpha value is -0.380. The molecule has 1 aromatic carbocycles. The topological polar surface area (TPSA) is 26.3 Å². The van der Waals surface area contributed by atoms with E-state index < -0.39 is 0 Å². The third kappa shape index (κ3) is 6.81. The van der Waals surface area contributed by atoms with Gasteiger partial charge in [-0.3, -0.25) is 4.79 Å². The first-order valence-electron chi connectivity index (χ1n) is 5.62. The fraction of sp³-hybridized carbons (Fsp3) is 0.462. The van der Waals surface area contributed by atoms with Crippen molar-refractivity contribution in [1.29, 1.82) is 0 Å². The number of halogens is 2. The van der Waals surface area contributed by atoms with Crippen molar-refractivity contribution in [2.45, 2.75) is 25.9 Å². The number of alkyl halides is 1. The summed E-state index contributed by atoms with van der Waals surface area (Å²) in [4.78, 5) is 11.0. The summed E-state index contributed by atoms with van der Waals surface area (Å²) < 4.78 is 5.51. The summed E-state index contributed by atoms with van der Waals surface area (Å²) in [6, 6.07) is 7.64. The van der Waals surface area contributed by atoms with Crippen LogP contribution in [0.2, 0.25) is 5.02 Å². The number of hydrogen-bond donors (Lipinski definition) is 0. The van der Waals surface area contributed by atoms with Crippen LogP contribution in [0.1, 0.15) is 24.8 Å². The van der Waals surface area contributed by atoms with Gasteiger partial charge in [-0.05, 0) is 30.5 Å². The van der Waals surface area contributed by atoms with E-state index in [-0.39, 0.29) is 5.78 Å². The van der Waals surface area contributed by atoms with Crippen molar-refractivity contribution in [3.63, 3.8) is 0 Å². The van der Waals surface area contributed by atoms with Gasteiger partial charge in [-0.2, -0.15) is 0 Å². The highest BCUT2D eigenvalue weighted by Crippen LogP contribution is 2.11. The molecule has 4 heteroatoms. The summed E-state index contributed by atoms with van der Waals surface area (Å²) in [5, 5.41) is 1.19. The zero-order valence-corrected chi connectivity index (χ0v) is 12.0. The molecule has 0 atom stereocenters. The molecule has 0 aliphatic carbocycles. The van der Waals surface area contributed by atoms with Crippen molar-refractivity contribution in [2.75, 3.05) is 11.9 Å². The van der Waals surface area contributed by atoms with Gasteiger partial charge in [0.2, 0.25) is 0 Å². The van der Waals surface area contributed by atoms with Gasteiger partial charge in [-0.15, -0.1) is 0 Å². The first kappa shape index (κ1) is 14.7. The highest BCUT2D eigenvalue weighted by molar-refractivity contribution is 9.09. The number of rotatable bonds is 8. The second kappa shape index (κ2) is 8.67.